The lowest BCUT2D eigenvalue weighted by Gasteiger charge is -2.49. The number of esters is 2. The second kappa shape index (κ2) is 25.4. The second-order valence-electron chi connectivity index (χ2n) is 34.2. The molecule has 0 aliphatic carbocycles. The number of hydrogen-bond donors (Lipinski definition) is 6. The number of piperidine rings is 4. The number of hydrogen-bond acceptors (Lipinski definition) is 24. The Morgan fingerprint density at radius 1 is 0.416 bits per heavy atom. The molecule has 1 spiro atoms. The summed E-state index contributed by atoms with van der Waals surface area (Å²) in [5.74, 6) is 1.84. The minimum atomic E-state index is -0.701. The van der Waals surface area contributed by atoms with Gasteiger partial charge in [0.1, 0.15) is 26.3 Å². The van der Waals surface area contributed by atoms with Gasteiger partial charge >= 0.3 is 11.9 Å². The first-order valence-electron chi connectivity index (χ1n) is 32.6. The van der Waals surface area contributed by atoms with Gasteiger partial charge in [-0.1, -0.05) is 27.7 Å². The molecule has 8 heterocycles. The molecule has 0 unspecified atom stereocenters. The van der Waals surface area contributed by atoms with Crippen LogP contribution in [0.4, 0.5) is 35.7 Å². The van der Waals surface area contributed by atoms with Crippen molar-refractivity contribution < 1.29 is 38.0 Å². The molecule has 24 heteroatoms. The largest absolute Gasteiger partial charge is 0.464 e. The third-order valence-corrected chi connectivity index (χ3v) is 18.8. The van der Waals surface area contributed by atoms with Gasteiger partial charge in [-0.25, -0.2) is 0 Å². The highest BCUT2D eigenvalue weighted by molar-refractivity contribution is 5.75. The molecule has 6 aliphatic rings. The van der Waals surface area contributed by atoms with E-state index in [0.29, 0.717) is 62.1 Å². The Balaban J connectivity index is 0.823. The Morgan fingerprint density at radius 2 is 0.629 bits per heavy atom. The van der Waals surface area contributed by atoms with Gasteiger partial charge in [-0.2, -0.15) is 29.9 Å². The summed E-state index contributed by atoms with van der Waals surface area (Å²) in [5, 5.41) is 21.5. The highest BCUT2D eigenvalue weighted by Gasteiger charge is 2.50. The third kappa shape index (κ3) is 18.4. The molecule has 8 rings (SSSR count). The van der Waals surface area contributed by atoms with Crippen LogP contribution in [-0.2, 0) is 38.0 Å². The van der Waals surface area contributed by atoms with Crippen LogP contribution in [0.15, 0.2) is 0 Å². The lowest BCUT2D eigenvalue weighted by molar-refractivity contribution is -0.337. The number of ether oxygens (including phenoxy) is 6. The van der Waals surface area contributed by atoms with Crippen molar-refractivity contribution in [2.75, 3.05) is 111 Å². The van der Waals surface area contributed by atoms with Crippen LogP contribution in [0.1, 0.15) is 190 Å². The zero-order valence-corrected chi connectivity index (χ0v) is 59.0. The summed E-state index contributed by atoms with van der Waals surface area (Å²) in [6.07, 6.45) is 5.90. The number of carbonyl (C=O) groups is 2. The number of nitrogens with zero attached hydrogens (tertiary/aromatic N) is 10. The van der Waals surface area contributed by atoms with Gasteiger partial charge in [0.2, 0.25) is 35.7 Å². The molecule has 24 nitrogen and oxygen atoms in total. The highest BCUT2D eigenvalue weighted by atomic mass is 16.7. The van der Waals surface area contributed by atoms with Gasteiger partial charge in [-0.15, -0.1) is 0 Å². The smallest absolute Gasteiger partial charge is 0.325 e. The van der Waals surface area contributed by atoms with E-state index in [9.17, 15) is 9.59 Å². The van der Waals surface area contributed by atoms with Gasteiger partial charge < -0.3 is 79.9 Å². The average molecular weight is 1250 g/mol. The van der Waals surface area contributed by atoms with Gasteiger partial charge in [0.25, 0.3) is 0 Å². The standard InChI is InChI=1S/C65H116N16O8/c1-55(2,35-84-45(82)33-66-49-68-51(78(21)41-25-57(5,6)74-58(7,8)26-41)72-52(69-49)79(22)42-27-59(9,10)75-60(11,12)28-42)47-86-37-65(38-87-47)39-88-48(89-40-65)56(3,4)36-85-46(83)34-67-50-70-53(80(23)43-29-61(13,14)76-62(15,16)30-43)73-54(71-50)81(24)44-31-63(17,18)77-64(19,20)32-44/h41-44,47-48,74-77H,25-40H2,1-24H3,(H,66,68,69,72)(H,67,70,71,73). The fourth-order valence-corrected chi connectivity index (χ4v) is 15.7. The van der Waals surface area contributed by atoms with Crippen LogP contribution < -0.4 is 51.5 Å². The Labute approximate surface area is 533 Å². The molecule has 6 saturated heterocycles. The van der Waals surface area contributed by atoms with Gasteiger partial charge in [0.15, 0.2) is 12.6 Å². The molecule has 2 aromatic heterocycles. The molecule has 89 heavy (non-hydrogen) atoms. The second-order valence-corrected chi connectivity index (χ2v) is 34.2. The molecule has 6 aliphatic heterocycles. The number of aromatic nitrogens is 6. The first-order valence-corrected chi connectivity index (χ1v) is 32.6. The van der Waals surface area contributed by atoms with Crippen LogP contribution in [0, 0.1) is 16.2 Å². The molecule has 2 aromatic rings. The van der Waals surface area contributed by atoms with Crippen molar-refractivity contribution in [3.05, 3.63) is 0 Å². The molecule has 504 valence electrons. The van der Waals surface area contributed by atoms with E-state index in [1.54, 1.807) is 0 Å². The van der Waals surface area contributed by atoms with Crippen molar-refractivity contribution in [3.63, 3.8) is 0 Å². The molecule has 0 radical (unpaired) electrons. The number of carbonyl (C=O) groups excluding carboxylic acids is 2. The molecule has 0 saturated carbocycles. The van der Waals surface area contributed by atoms with Gasteiger partial charge in [-0.3, -0.25) is 9.59 Å². The van der Waals surface area contributed by atoms with E-state index in [1.165, 1.54) is 0 Å². The fourth-order valence-electron chi connectivity index (χ4n) is 15.7. The fraction of sp³-hybridized carbons (Fsp3) is 0.877. The number of nitrogens with one attached hydrogen (secondary N) is 6. The van der Waals surface area contributed by atoms with Crippen molar-refractivity contribution >= 4 is 47.6 Å². The van der Waals surface area contributed by atoms with Gasteiger partial charge in [0.05, 0.1) is 31.8 Å². The number of anilines is 6. The predicted octanol–water partition coefficient (Wildman–Crippen LogP) is 7.43. The summed E-state index contributed by atoms with van der Waals surface area (Å²) in [6.45, 7) is 44.6. The third-order valence-electron chi connectivity index (χ3n) is 18.8. The maximum Gasteiger partial charge on any atom is 0.325 e. The minimum absolute atomic E-state index is 0.0439. The SMILES string of the molecule is CN(c1nc(NCC(=O)OCC(C)(C)C2OCC3(CO2)COC(C(C)(C)COC(=O)CNc2nc(N(C)C4CC(C)(C)NC(C)(C)C4)nc(N(C)C4CC(C)(C)NC(C)(C)C4)n2)OC3)nc(N(C)C2CC(C)(C)NC(C)(C)C2)n1)C1CC(C)(C)NC(C)(C)C1. The summed E-state index contributed by atoms with van der Waals surface area (Å²) in [7, 11) is 8.22. The van der Waals surface area contributed by atoms with E-state index in [2.05, 4.69) is 190 Å². The van der Waals surface area contributed by atoms with E-state index < -0.39 is 40.8 Å². The molecule has 6 fully saturated rings. The minimum Gasteiger partial charge on any atom is -0.464 e. The summed E-state index contributed by atoms with van der Waals surface area (Å²) in [5.41, 5.74) is -2.67. The lowest BCUT2D eigenvalue weighted by atomic mass is 9.79. The van der Waals surface area contributed by atoms with Crippen LogP contribution >= 0.6 is 0 Å². The molecule has 0 aromatic carbocycles. The average Bonchev–Trinajstić information content (AvgIpc) is 1.19. The van der Waals surface area contributed by atoms with Crippen molar-refractivity contribution in [1.82, 2.24) is 51.2 Å². The first-order chi connectivity index (χ1) is 40.7. The Kier molecular flexibility index (Phi) is 20.1. The summed E-state index contributed by atoms with van der Waals surface area (Å²) in [4.78, 5) is 65.6. The maximum atomic E-state index is 13.6. The van der Waals surface area contributed by atoms with Gasteiger partial charge in [-0.05, 0) is 162 Å². The first kappa shape index (κ1) is 70.3. The molecule has 6 N–H and O–H groups in total. The van der Waals surface area contributed by atoms with Crippen LogP contribution in [0.5, 0.6) is 0 Å². The lowest BCUT2D eigenvalue weighted by Crippen LogP contribution is -2.62. The van der Waals surface area contributed by atoms with Crippen molar-refractivity contribution in [1.29, 1.82) is 0 Å². The Morgan fingerprint density at radius 3 is 0.843 bits per heavy atom. The van der Waals surface area contributed by atoms with Crippen molar-refractivity contribution in [2.24, 2.45) is 16.2 Å². The summed E-state index contributed by atoms with van der Waals surface area (Å²) >= 11 is 0. The van der Waals surface area contributed by atoms with Crippen LogP contribution in [0.25, 0.3) is 0 Å². The molecule has 0 bridgehead atoms. The maximum absolute atomic E-state index is 13.6. The van der Waals surface area contributed by atoms with Crippen LogP contribution in [0.3, 0.4) is 0 Å². The number of rotatable bonds is 20. The van der Waals surface area contributed by atoms with Crippen LogP contribution in [0.2, 0.25) is 0 Å². The van der Waals surface area contributed by atoms with E-state index in [1.807, 2.05) is 27.7 Å². The summed E-state index contributed by atoms with van der Waals surface area (Å²) < 4.78 is 37.3. The quantitative estimate of drug-likeness (QED) is 0.0705. The topological polar surface area (TPSA) is 252 Å². The van der Waals surface area contributed by atoms with E-state index >= 15 is 0 Å². The van der Waals surface area contributed by atoms with E-state index in [-0.39, 0.29) is 94.8 Å². The summed E-state index contributed by atoms with van der Waals surface area (Å²) in [6, 6.07) is 0.653. The van der Waals surface area contributed by atoms with Crippen molar-refractivity contribution in [2.45, 2.75) is 271 Å². The normalized spacial score (nSPS) is 26.8. The molecule has 0 atom stereocenters. The van der Waals surface area contributed by atoms with Crippen LogP contribution in [-0.4, -0.2) is 204 Å². The highest BCUT2D eigenvalue weighted by Crippen LogP contribution is 2.41. The Bertz CT molecular complexity index is 2410. The van der Waals surface area contributed by atoms with E-state index in [4.69, 9.17) is 58.3 Å². The van der Waals surface area contributed by atoms with Gasteiger partial charge in [0, 0.05) is 107 Å². The molecular weight excluding hydrogens is 1130 g/mol. The van der Waals surface area contributed by atoms with E-state index in [0.717, 1.165) is 51.4 Å². The zero-order chi connectivity index (χ0) is 65.9. The zero-order valence-electron chi connectivity index (χ0n) is 59.0. The predicted molar refractivity (Wildman–Crippen MR) is 351 cm³/mol. The monoisotopic (exact) mass is 1250 g/mol. The Hall–Kier alpha value is -4.56. The van der Waals surface area contributed by atoms with Crippen molar-refractivity contribution in [3.8, 4) is 0 Å². The molecular formula is C65H116N16O8. The molecule has 0 amide bonds.